The van der Waals surface area contributed by atoms with Gasteiger partial charge in [0.05, 0.1) is 0 Å². The van der Waals surface area contributed by atoms with Gasteiger partial charge in [-0.15, -0.1) is 0 Å². The van der Waals surface area contributed by atoms with Crippen molar-refractivity contribution in [2.75, 3.05) is 6.61 Å². The van der Waals surface area contributed by atoms with Crippen LogP contribution in [0, 0.1) is 0 Å². The van der Waals surface area contributed by atoms with Crippen molar-refractivity contribution in [1.29, 1.82) is 0 Å². The van der Waals surface area contributed by atoms with E-state index < -0.39 is 5.96 Å². The van der Waals surface area contributed by atoms with E-state index in [0.29, 0.717) is 0 Å². The zero-order valence-electron chi connectivity index (χ0n) is 18.5. The van der Waals surface area contributed by atoms with Gasteiger partial charge in [0.1, 0.15) is 0 Å². The van der Waals surface area contributed by atoms with Gasteiger partial charge in [-0.2, -0.15) is 0 Å². The second kappa shape index (κ2) is 9.90. The van der Waals surface area contributed by atoms with Crippen molar-refractivity contribution >= 4 is 33.1 Å². The van der Waals surface area contributed by atoms with Crippen molar-refractivity contribution in [3.63, 3.8) is 0 Å². The maximum absolute atomic E-state index is 8.15. The predicted molar refractivity (Wildman–Crippen MR) is 142 cm³/mol. The second-order valence-corrected chi connectivity index (χ2v) is 14.7. The van der Waals surface area contributed by atoms with Gasteiger partial charge in [-0.3, -0.25) is 0 Å². The molecule has 164 valence electrons. The van der Waals surface area contributed by atoms with Gasteiger partial charge in [-0.1, -0.05) is 0 Å². The Labute approximate surface area is 196 Å². The van der Waals surface area contributed by atoms with Crippen LogP contribution in [0.3, 0.4) is 0 Å². The molecule has 0 bridgehead atoms. The third-order valence-corrected chi connectivity index (χ3v) is 13.3. The van der Waals surface area contributed by atoms with Crippen LogP contribution in [0.2, 0.25) is 0 Å². The van der Waals surface area contributed by atoms with Crippen molar-refractivity contribution < 1.29 is 4.74 Å². The number of benzene rings is 4. The predicted octanol–water partition coefficient (Wildman–Crippen LogP) is 7.05. The van der Waals surface area contributed by atoms with E-state index >= 15 is 0 Å². The summed E-state index contributed by atoms with van der Waals surface area (Å²) >= 11 is 8.15. The van der Waals surface area contributed by atoms with Crippen molar-refractivity contribution in [1.82, 2.24) is 0 Å². The topological polar surface area (TPSA) is 9.23 Å². The third kappa shape index (κ3) is 4.33. The molecule has 1 nitrogen and oxygen atoms in total. The van der Waals surface area contributed by atoms with Gasteiger partial charge >= 0.3 is 197 Å². The Morgan fingerprint density at radius 2 is 1.06 bits per heavy atom. The molecule has 0 saturated carbocycles. The van der Waals surface area contributed by atoms with Crippen molar-refractivity contribution in [2.45, 2.75) is 25.9 Å². The Morgan fingerprint density at radius 3 is 1.47 bits per heavy atom. The van der Waals surface area contributed by atoms with Gasteiger partial charge in [0, 0.05) is 0 Å². The van der Waals surface area contributed by atoms with E-state index in [0.717, 1.165) is 31.4 Å². The van der Waals surface area contributed by atoms with Crippen LogP contribution >= 0.6 is 17.2 Å². The summed E-state index contributed by atoms with van der Waals surface area (Å²) in [6.45, 7) is 2.93. The van der Waals surface area contributed by atoms with Crippen molar-refractivity contribution in [3.8, 4) is 5.75 Å². The fraction of sp³-hybridized carbons (Fsp3) is 0.172. The van der Waals surface area contributed by atoms with E-state index in [9.17, 15) is 0 Å². The van der Waals surface area contributed by atoms with Gasteiger partial charge in [0.2, 0.25) is 0 Å². The fourth-order valence-corrected chi connectivity index (χ4v) is 10.5. The monoisotopic (exact) mass is 460 g/mol. The number of hydrogen-bond acceptors (Lipinski definition) is 1. The van der Waals surface area contributed by atoms with Crippen LogP contribution in [0.1, 0.15) is 25.3 Å². The Hall–Kier alpha value is -2.60. The fourth-order valence-electron chi connectivity index (χ4n) is 4.31. The molecule has 0 radical (unpaired) electrons. The summed E-state index contributed by atoms with van der Waals surface area (Å²) < 4.78 is 5.89. The summed E-state index contributed by atoms with van der Waals surface area (Å²) in [6.07, 6.45) is 2.93. The first-order chi connectivity index (χ1) is 15.6. The van der Waals surface area contributed by atoms with Crippen LogP contribution in [-0.2, 0) is 6.16 Å². The minimum absolute atomic E-state index is 0.737. The Morgan fingerprint density at radius 1 is 0.625 bits per heavy atom. The molecule has 0 aliphatic heterocycles. The van der Waals surface area contributed by atoms with Gasteiger partial charge in [-0.05, 0) is 0 Å². The molecule has 3 heteroatoms. The summed E-state index contributed by atoms with van der Waals surface area (Å²) in [5.74, 6) is -2.39. The van der Waals surface area contributed by atoms with E-state index in [1.807, 2.05) is 0 Å². The van der Waals surface area contributed by atoms with Crippen molar-refractivity contribution in [2.24, 2.45) is 0 Å². The van der Waals surface area contributed by atoms with E-state index in [-0.39, 0.29) is 0 Å². The molecular formula is C29H30ClOP. The van der Waals surface area contributed by atoms with E-state index in [1.54, 1.807) is 0 Å². The first-order valence-electron chi connectivity index (χ1n) is 11.3. The average Bonchev–Trinajstić information content (AvgIpc) is 2.87. The second-order valence-electron chi connectivity index (χ2n) is 8.19. The van der Waals surface area contributed by atoms with E-state index in [1.165, 1.54) is 21.5 Å². The molecule has 0 aliphatic rings. The summed E-state index contributed by atoms with van der Waals surface area (Å²) in [7, 11) is 0. The van der Waals surface area contributed by atoms with Crippen molar-refractivity contribution in [3.05, 3.63) is 121 Å². The molecule has 0 heterocycles. The standard InChI is InChI=1S/C29H30ClOP/c1-2-3-23-31-26-21-19-25(20-22-26)24-32(30,27-13-7-4-8-14-27,28-15-9-5-10-16-28)29-17-11-6-12-18-29/h4-22H,2-3,23-24H2,1H3. The molecule has 0 saturated heterocycles. The van der Waals surface area contributed by atoms with Crippen LogP contribution < -0.4 is 20.7 Å². The van der Waals surface area contributed by atoms with Gasteiger partial charge in [-0.25, -0.2) is 0 Å². The van der Waals surface area contributed by atoms with Crippen LogP contribution in [0.15, 0.2) is 115 Å². The molecule has 4 aromatic carbocycles. The zero-order chi connectivity index (χ0) is 22.3. The quantitative estimate of drug-likeness (QED) is 0.192. The Bertz CT molecular complexity index is 1010. The number of halogens is 1. The van der Waals surface area contributed by atoms with Crippen LogP contribution in [-0.4, -0.2) is 6.61 Å². The summed E-state index contributed by atoms with van der Waals surface area (Å²) in [6, 6.07) is 40.3. The SMILES string of the molecule is CCCCOc1ccc(CP(Cl)(c2ccccc2)(c2ccccc2)c2ccccc2)cc1. The van der Waals surface area contributed by atoms with Crippen LogP contribution in [0.5, 0.6) is 5.75 Å². The van der Waals surface area contributed by atoms with Crippen LogP contribution in [0.25, 0.3) is 0 Å². The number of rotatable bonds is 9. The Balaban J connectivity index is 1.87. The maximum atomic E-state index is 8.15. The number of unbranched alkanes of at least 4 members (excludes halogenated alkanes) is 1. The van der Waals surface area contributed by atoms with Gasteiger partial charge in [0.25, 0.3) is 0 Å². The summed E-state index contributed by atoms with van der Waals surface area (Å²) in [4.78, 5) is 0. The van der Waals surface area contributed by atoms with Gasteiger partial charge < -0.3 is 0 Å². The molecule has 0 aliphatic carbocycles. The zero-order valence-corrected chi connectivity index (χ0v) is 20.2. The number of hydrogen-bond donors (Lipinski definition) is 0. The summed E-state index contributed by atoms with van der Waals surface area (Å²) in [5, 5.41) is 3.54. The van der Waals surface area contributed by atoms with E-state index in [2.05, 4.69) is 122 Å². The minimum atomic E-state index is -3.30. The molecule has 0 aromatic heterocycles. The molecule has 0 N–H and O–H groups in total. The first-order valence-corrected chi connectivity index (χ1v) is 14.6. The molecule has 0 amide bonds. The molecule has 4 aromatic rings. The molecular weight excluding hydrogens is 431 g/mol. The molecule has 0 spiro atoms. The van der Waals surface area contributed by atoms with Crippen LogP contribution in [0.4, 0.5) is 0 Å². The van der Waals surface area contributed by atoms with Gasteiger partial charge in [0.15, 0.2) is 0 Å². The molecule has 0 atom stereocenters. The molecule has 4 rings (SSSR count). The summed E-state index contributed by atoms with van der Waals surface area (Å²) in [5.41, 5.74) is 1.21. The normalized spacial score (nSPS) is 12.6. The third-order valence-electron chi connectivity index (χ3n) is 6.05. The molecule has 0 fully saturated rings. The molecule has 0 unspecified atom stereocenters. The Kier molecular flexibility index (Phi) is 6.99. The average molecular weight is 461 g/mol. The first kappa shape index (κ1) is 22.6. The molecule has 32 heavy (non-hydrogen) atoms. The van der Waals surface area contributed by atoms with E-state index in [4.69, 9.17) is 16.0 Å². The number of ether oxygens (including phenoxy) is 1.